The molecule has 14 heteroatoms. The first-order chi connectivity index (χ1) is 19.5. The van der Waals surface area contributed by atoms with Crippen molar-refractivity contribution in [3.05, 3.63) is 41.7 Å². The number of amides is 3. The quantitative estimate of drug-likeness (QED) is 0.0441. The highest BCUT2D eigenvalue weighted by Gasteiger charge is 2.32. The molecule has 13 nitrogen and oxygen atoms in total. The van der Waals surface area contributed by atoms with Gasteiger partial charge in [0, 0.05) is 18.0 Å². The molecule has 2 rings (SSSR count). The van der Waals surface area contributed by atoms with Crippen molar-refractivity contribution >= 4 is 25.3 Å². The van der Waals surface area contributed by atoms with Crippen molar-refractivity contribution in [1.82, 2.24) is 21.4 Å². The topological polar surface area (TPSA) is 199 Å². The molecule has 1 aromatic carbocycles. The van der Waals surface area contributed by atoms with Crippen molar-refractivity contribution in [1.29, 1.82) is 0 Å². The first kappa shape index (κ1) is 34.0. The van der Waals surface area contributed by atoms with Gasteiger partial charge in [-0.3, -0.25) is 24.2 Å². The largest absolute Gasteiger partial charge is 0.494 e. The van der Waals surface area contributed by atoms with E-state index >= 15 is 0 Å². The predicted molar refractivity (Wildman–Crippen MR) is 151 cm³/mol. The number of carbonyl (C=O) groups is 3. The van der Waals surface area contributed by atoms with Crippen molar-refractivity contribution in [2.45, 2.75) is 59.4 Å². The van der Waals surface area contributed by atoms with Gasteiger partial charge in [-0.25, -0.2) is 5.48 Å². The third-order valence-corrected chi connectivity index (χ3v) is 7.01. The average Bonchev–Trinajstić information content (AvgIpc) is 3.42. The van der Waals surface area contributed by atoms with E-state index < -0.39 is 43.4 Å². The molecule has 0 aliphatic carbocycles. The first-order valence-electron chi connectivity index (χ1n) is 13.6. The third kappa shape index (κ3) is 11.3. The molecule has 0 radical (unpaired) electrons. The van der Waals surface area contributed by atoms with Crippen LogP contribution in [0.5, 0.6) is 5.75 Å². The molecule has 2 atom stereocenters. The van der Waals surface area contributed by atoms with Gasteiger partial charge in [-0.1, -0.05) is 33.1 Å². The Kier molecular flexibility index (Phi) is 14.0. The van der Waals surface area contributed by atoms with Crippen LogP contribution in [0.3, 0.4) is 0 Å². The molecular weight excluding hydrogens is 555 g/mol. The minimum Gasteiger partial charge on any atom is -0.494 e. The third-order valence-electron chi connectivity index (χ3n) is 6.38. The van der Waals surface area contributed by atoms with Crippen LogP contribution in [-0.4, -0.2) is 52.3 Å². The van der Waals surface area contributed by atoms with Gasteiger partial charge in [-0.2, -0.15) is 0 Å². The van der Waals surface area contributed by atoms with Gasteiger partial charge >= 0.3 is 7.60 Å². The SMILES string of the molecule is CCCCC[C@@H](C(=O)NCNC(=O)c1ccc(-c2cc(CNCP(=O)(O)O)cc(OCC)c2)o1)[C@@H](CC)C(=O)NO. The number of carbonyl (C=O) groups excluding carboxylic acids is 3. The zero-order chi connectivity index (χ0) is 30.4. The predicted octanol–water partition coefficient (Wildman–Crippen LogP) is 3.10. The molecule has 0 saturated heterocycles. The fraction of sp³-hybridized carbons (Fsp3) is 0.519. The lowest BCUT2D eigenvalue weighted by molar-refractivity contribution is -0.140. The Morgan fingerprint density at radius 2 is 1.76 bits per heavy atom. The van der Waals surface area contributed by atoms with Gasteiger partial charge in [-0.15, -0.1) is 0 Å². The highest BCUT2D eigenvalue weighted by Crippen LogP contribution is 2.33. The molecular formula is C27H41N4O9P. The molecule has 0 spiro atoms. The monoisotopic (exact) mass is 596 g/mol. The molecule has 0 aliphatic heterocycles. The standard InChI is InChI=1S/C27H41N4O9P/c1-4-7-8-9-22(21(5-2)26(33)31-35)25(32)29-16-30-27(34)24-11-10-23(40-24)19-12-18(13-20(14-19)39-6-3)15-28-17-41(36,37)38/h10-14,21-22,28,35H,4-9,15-17H2,1-3H3,(H,29,32)(H,30,34)(H,31,33)(H2,36,37,38)/t21-,22-/m1/s1. The summed E-state index contributed by atoms with van der Waals surface area (Å²) >= 11 is 0. The normalized spacial score (nSPS) is 12.8. The summed E-state index contributed by atoms with van der Waals surface area (Å²) in [7, 11) is -4.21. The van der Waals surface area contributed by atoms with E-state index in [1.807, 2.05) is 13.8 Å². The van der Waals surface area contributed by atoms with Gasteiger partial charge < -0.3 is 34.9 Å². The van der Waals surface area contributed by atoms with Crippen LogP contribution in [0.4, 0.5) is 0 Å². The van der Waals surface area contributed by atoms with Crippen molar-refractivity contribution in [3.63, 3.8) is 0 Å². The van der Waals surface area contributed by atoms with E-state index in [1.165, 1.54) is 6.07 Å². The van der Waals surface area contributed by atoms with Crippen LogP contribution < -0.4 is 26.2 Å². The van der Waals surface area contributed by atoms with Crippen LogP contribution in [0.15, 0.2) is 34.7 Å². The molecule has 0 fully saturated rings. The van der Waals surface area contributed by atoms with Gasteiger partial charge in [0.15, 0.2) is 5.76 Å². The van der Waals surface area contributed by atoms with Gasteiger partial charge in [0.2, 0.25) is 11.8 Å². The van der Waals surface area contributed by atoms with Crippen LogP contribution in [0.25, 0.3) is 11.3 Å². The van der Waals surface area contributed by atoms with Gasteiger partial charge in [0.05, 0.1) is 25.5 Å². The Morgan fingerprint density at radius 3 is 2.39 bits per heavy atom. The minimum absolute atomic E-state index is 0.00262. The van der Waals surface area contributed by atoms with Crippen LogP contribution in [-0.2, 0) is 20.7 Å². The Labute approximate surface area is 239 Å². The summed E-state index contributed by atoms with van der Waals surface area (Å²) in [6.45, 7) is 6.01. The van der Waals surface area contributed by atoms with E-state index in [9.17, 15) is 18.9 Å². The summed E-state index contributed by atoms with van der Waals surface area (Å²) in [6.07, 6.45) is 2.96. The molecule has 41 heavy (non-hydrogen) atoms. The summed E-state index contributed by atoms with van der Waals surface area (Å²) in [6, 6.07) is 8.30. The molecule has 7 N–H and O–H groups in total. The number of ether oxygens (including phenoxy) is 1. The summed E-state index contributed by atoms with van der Waals surface area (Å²) < 4.78 is 22.5. The zero-order valence-electron chi connectivity index (χ0n) is 23.6. The molecule has 3 amide bonds. The van der Waals surface area contributed by atoms with Crippen molar-refractivity contribution < 1.29 is 43.1 Å². The van der Waals surface area contributed by atoms with Crippen molar-refractivity contribution in [3.8, 4) is 17.1 Å². The molecule has 1 aromatic heterocycles. The number of furan rings is 1. The minimum atomic E-state index is -4.21. The van der Waals surface area contributed by atoms with Crippen LogP contribution in [0.2, 0.25) is 0 Å². The number of benzene rings is 1. The van der Waals surface area contributed by atoms with E-state index in [1.54, 1.807) is 36.7 Å². The van der Waals surface area contributed by atoms with E-state index in [0.717, 1.165) is 19.3 Å². The second kappa shape index (κ2) is 16.9. The second-order valence-corrected chi connectivity index (χ2v) is 11.2. The Bertz CT molecular complexity index is 1200. The highest BCUT2D eigenvalue weighted by molar-refractivity contribution is 7.51. The number of hydroxylamine groups is 1. The molecule has 0 aliphatic rings. The molecule has 0 saturated carbocycles. The lowest BCUT2D eigenvalue weighted by Crippen LogP contribution is -2.44. The summed E-state index contributed by atoms with van der Waals surface area (Å²) in [5, 5.41) is 17.0. The fourth-order valence-corrected chi connectivity index (χ4v) is 4.81. The summed E-state index contributed by atoms with van der Waals surface area (Å²) in [4.78, 5) is 55.9. The van der Waals surface area contributed by atoms with Gasteiger partial charge in [-0.05, 0) is 55.7 Å². The maximum absolute atomic E-state index is 12.9. The number of unbranched alkanes of at least 4 members (excludes halogenated alkanes) is 2. The highest BCUT2D eigenvalue weighted by atomic mass is 31.2. The van der Waals surface area contributed by atoms with E-state index in [0.29, 0.717) is 42.1 Å². The van der Waals surface area contributed by atoms with Gasteiger partial charge in [0.1, 0.15) is 11.5 Å². The average molecular weight is 597 g/mol. The molecule has 2 aromatic rings. The van der Waals surface area contributed by atoms with E-state index in [2.05, 4.69) is 16.0 Å². The Morgan fingerprint density at radius 1 is 1.00 bits per heavy atom. The van der Waals surface area contributed by atoms with Crippen molar-refractivity contribution in [2.24, 2.45) is 11.8 Å². The summed E-state index contributed by atoms with van der Waals surface area (Å²) in [5.74, 6) is -2.05. The Hall–Kier alpha value is -3.22. The molecule has 228 valence electrons. The zero-order valence-corrected chi connectivity index (χ0v) is 24.5. The lowest BCUT2D eigenvalue weighted by Gasteiger charge is -2.24. The smallest absolute Gasteiger partial charge is 0.339 e. The van der Waals surface area contributed by atoms with Crippen LogP contribution >= 0.6 is 7.60 Å². The van der Waals surface area contributed by atoms with Gasteiger partial charge in [0.25, 0.3) is 5.91 Å². The Balaban J connectivity index is 2.06. The molecule has 0 bridgehead atoms. The van der Waals surface area contributed by atoms with Crippen LogP contribution in [0, 0.1) is 11.8 Å². The fourth-order valence-electron chi connectivity index (χ4n) is 4.41. The van der Waals surface area contributed by atoms with E-state index in [4.69, 9.17) is 24.1 Å². The second-order valence-electron chi connectivity index (χ2n) is 9.53. The van der Waals surface area contributed by atoms with Crippen molar-refractivity contribution in [2.75, 3.05) is 19.6 Å². The number of hydrogen-bond acceptors (Lipinski definition) is 8. The first-order valence-corrected chi connectivity index (χ1v) is 15.4. The maximum atomic E-state index is 12.9. The lowest BCUT2D eigenvalue weighted by atomic mass is 9.84. The summed E-state index contributed by atoms with van der Waals surface area (Å²) in [5.41, 5.74) is 2.93. The number of nitrogens with one attached hydrogen (secondary N) is 4. The van der Waals surface area contributed by atoms with E-state index in [-0.39, 0.29) is 19.0 Å². The number of hydrogen-bond donors (Lipinski definition) is 7. The molecule has 1 heterocycles. The molecule has 0 unspecified atom stereocenters. The van der Waals surface area contributed by atoms with Crippen LogP contribution in [0.1, 0.15) is 69.0 Å². The number of rotatable bonds is 18. The maximum Gasteiger partial charge on any atom is 0.339 e.